The number of carbonyl (C=O) groups excluding carboxylic acids is 4. The molecule has 2 fully saturated rings. The summed E-state index contributed by atoms with van der Waals surface area (Å²) in [5, 5.41) is 16.2. The van der Waals surface area contributed by atoms with Crippen molar-refractivity contribution in [2.24, 2.45) is 11.8 Å². The second kappa shape index (κ2) is 53.3. The number of hydrogen-bond donors (Lipinski definition) is 4. The maximum atomic E-state index is 12.9. The van der Waals surface area contributed by atoms with Crippen molar-refractivity contribution in [2.75, 3.05) is 85.7 Å². The second-order valence-corrected chi connectivity index (χ2v) is 36.9. The van der Waals surface area contributed by atoms with E-state index in [0.717, 1.165) is 48.6 Å². The van der Waals surface area contributed by atoms with Gasteiger partial charge in [0.25, 0.3) is 8.53 Å². The van der Waals surface area contributed by atoms with Gasteiger partial charge in [-0.2, -0.15) is 12.6 Å². The van der Waals surface area contributed by atoms with Crippen molar-refractivity contribution in [3.8, 4) is 0 Å². The van der Waals surface area contributed by atoms with E-state index < -0.39 is 38.9 Å². The Morgan fingerprint density at radius 1 is 0.724 bits per heavy atom. The maximum absolute atomic E-state index is 12.9. The first-order chi connectivity index (χ1) is 44.9. The molecule has 0 saturated carbocycles. The molecule has 4 atom stereocenters. The average molecular weight is 1600 g/mol. The van der Waals surface area contributed by atoms with Crippen LogP contribution in [-0.4, -0.2) is 176 Å². The van der Waals surface area contributed by atoms with E-state index in [4.69, 9.17) is 90.1 Å². The minimum atomic E-state index is -3.13. The number of amides is 2. The van der Waals surface area contributed by atoms with Crippen molar-refractivity contribution < 1.29 is 66.2 Å². The lowest BCUT2D eigenvalue weighted by molar-refractivity contribution is -0.306. The highest BCUT2D eigenvalue weighted by Gasteiger charge is 2.37. The first kappa shape index (κ1) is 101. The van der Waals surface area contributed by atoms with Crippen LogP contribution in [0.5, 0.6) is 0 Å². The Morgan fingerprint density at radius 2 is 1.15 bits per heavy atom. The zero-order valence-corrected chi connectivity index (χ0v) is 70.9. The lowest BCUT2D eigenvalue weighted by atomic mass is 10.1. The SMILES string of the molecule is CC(C)(C)OO.CC(C)N(C(C)C)P(Cl)Cl.CC(C)N(C(C)C)P1OCCC(c2cccc(Cl)c2)O1.CCOC(C)=O.CN(CC(CS)CN(C)C(=O)OC(C)(C)C)C(=O)OC(C)(C)C.CNCC(CNC)CSP1(=O)OCCC(c2cccc(Cl)c2)O1.Cl.O=Cc1cccc(Cl)c1. The molecular weight excluding hydrogens is 1480 g/mol. The minimum Gasteiger partial charge on any atom is -0.466 e. The second-order valence-electron chi connectivity index (χ2n) is 26.4. The number of halogens is 6. The topological polar surface area (TPSA) is 216 Å². The molecule has 98 heavy (non-hydrogen) atoms. The van der Waals surface area contributed by atoms with E-state index in [9.17, 15) is 23.7 Å². The molecule has 4 unspecified atom stereocenters. The number of hydrogen-bond acceptors (Lipinski definition) is 20. The molecule has 3 aromatic carbocycles. The van der Waals surface area contributed by atoms with Crippen LogP contribution < -0.4 is 10.6 Å². The Morgan fingerprint density at radius 3 is 1.47 bits per heavy atom. The van der Waals surface area contributed by atoms with Gasteiger partial charge in [-0.3, -0.25) is 24.0 Å². The standard InChI is InChI=1S/C16H32N2O4S.C15H24ClN2O3PS.C15H23ClNO2P.C7H5ClO.C6H14Cl2NP.C4H10O2.C4H8O2.ClH/c1-15(2,3)21-13(19)17(7)9-12(11-23)10-18(8)14(20)22-16(4,5)6;1-17-9-12(10-18-2)11-23-22(19)20-7-6-15(21-22)13-4-3-5-14(16)8-13;1-11(2)17(12(3)4)20-18-9-8-15(19-20)13-6-5-7-14(16)10-13;8-7-3-1-2-6(4-7)5-9;1-5(2)9(6(3)4)10(7)8;1-4(2,3)6-5;1-3-6-4(2)5;/h12,23H,9-11H2,1-8H3;3-5,8,12,15,17-18H,6-7,9-11H2,1-2H3;5-7,10-12,15H,8-9H2,1-4H3;1-5H;5-6H,1-4H3;5H,1-3H3;3H2,1-2H3;1H. The fraction of sp³-hybridized carbons (Fsp3) is 0.672. The number of aldehydes is 1. The number of rotatable bonds is 22. The minimum absolute atomic E-state index is 0. The van der Waals surface area contributed by atoms with Crippen LogP contribution in [0.1, 0.15) is 178 Å². The van der Waals surface area contributed by atoms with Crippen molar-refractivity contribution in [3.05, 3.63) is 105 Å². The predicted octanol–water partition coefficient (Wildman–Crippen LogP) is 20.4. The number of benzene rings is 3. The van der Waals surface area contributed by atoms with Gasteiger partial charge in [0.1, 0.15) is 17.5 Å². The molecule has 0 radical (unpaired) electrons. The van der Waals surface area contributed by atoms with Crippen molar-refractivity contribution in [3.63, 3.8) is 0 Å². The largest absolute Gasteiger partial charge is 0.466 e. The van der Waals surface area contributed by atoms with Crippen LogP contribution in [0.15, 0.2) is 72.8 Å². The summed E-state index contributed by atoms with van der Waals surface area (Å²) in [5.41, 5.74) is 1.23. The highest BCUT2D eigenvalue weighted by atomic mass is 35.9. The Kier molecular flexibility index (Phi) is 54.7. The van der Waals surface area contributed by atoms with Crippen LogP contribution in [0.25, 0.3) is 0 Å². The molecule has 568 valence electrons. The molecule has 5 rings (SSSR count). The molecule has 2 heterocycles. The molecule has 0 bridgehead atoms. The van der Waals surface area contributed by atoms with Gasteiger partial charge in [-0.25, -0.2) is 23.7 Å². The van der Waals surface area contributed by atoms with E-state index in [1.165, 1.54) is 28.1 Å². The van der Waals surface area contributed by atoms with Gasteiger partial charge in [-0.15, -0.1) is 12.4 Å². The third-order valence-corrected chi connectivity index (χ3v) is 22.0. The first-order valence-electron chi connectivity index (χ1n) is 32.2. The zero-order chi connectivity index (χ0) is 75.0. The van der Waals surface area contributed by atoms with Gasteiger partial charge in [0.05, 0.1) is 37.6 Å². The zero-order valence-electron chi connectivity index (χ0n) is 61.9. The van der Waals surface area contributed by atoms with Crippen molar-refractivity contribution >= 4 is 140 Å². The number of ether oxygens (including phenoxy) is 3. The summed E-state index contributed by atoms with van der Waals surface area (Å²) >= 11 is 34.9. The Bertz CT molecular complexity index is 2640. The molecule has 2 aliphatic heterocycles. The van der Waals surface area contributed by atoms with E-state index in [1.54, 1.807) is 66.1 Å². The molecule has 2 aliphatic rings. The monoisotopic (exact) mass is 1600 g/mol. The number of nitrogens with zero attached hydrogens (tertiary/aromatic N) is 4. The normalized spacial score (nSPS) is 16.9. The molecule has 31 heteroatoms. The fourth-order valence-corrected chi connectivity index (χ4v) is 17.6. The third kappa shape index (κ3) is 48.5. The van der Waals surface area contributed by atoms with E-state index in [2.05, 4.69) is 104 Å². The van der Waals surface area contributed by atoms with Crippen LogP contribution in [-0.2, 0) is 46.6 Å². The Labute approximate surface area is 631 Å². The summed E-state index contributed by atoms with van der Waals surface area (Å²) in [7, 11) is 6.19. The van der Waals surface area contributed by atoms with E-state index in [0.29, 0.717) is 89.9 Å². The van der Waals surface area contributed by atoms with Gasteiger partial charge in [0.2, 0.25) is 0 Å². The summed E-state index contributed by atoms with van der Waals surface area (Å²) < 4.78 is 55.7. The van der Waals surface area contributed by atoms with E-state index in [-0.39, 0.29) is 48.7 Å². The van der Waals surface area contributed by atoms with Gasteiger partial charge < -0.3 is 48.2 Å². The molecule has 20 nitrogen and oxygen atoms in total. The molecule has 2 amide bonds. The molecule has 2 saturated heterocycles. The van der Waals surface area contributed by atoms with E-state index in [1.807, 2.05) is 98.1 Å². The van der Waals surface area contributed by atoms with Gasteiger partial charge >= 0.3 is 25.0 Å². The van der Waals surface area contributed by atoms with Crippen molar-refractivity contribution in [1.29, 1.82) is 0 Å². The van der Waals surface area contributed by atoms with Gasteiger partial charge in [-0.1, -0.05) is 93.7 Å². The molecule has 0 aromatic heterocycles. The Balaban J connectivity index is -0.00000113. The van der Waals surface area contributed by atoms with Crippen LogP contribution in [0.3, 0.4) is 0 Å². The number of thiol groups is 1. The highest BCUT2D eigenvalue weighted by Crippen LogP contribution is 2.66. The van der Waals surface area contributed by atoms with Crippen LogP contribution in [0.4, 0.5) is 9.59 Å². The third-order valence-electron chi connectivity index (χ3n) is 12.4. The average Bonchev–Trinajstić information content (AvgIpc) is 0.828. The van der Waals surface area contributed by atoms with Crippen LogP contribution in [0, 0.1) is 11.8 Å². The number of carbonyl (C=O) groups is 4. The lowest BCUT2D eigenvalue weighted by Crippen LogP contribution is -2.42. The quantitative estimate of drug-likeness (QED) is 0.0140. The molecule has 0 spiro atoms. The first-order valence-corrected chi connectivity index (χ1v) is 41.4. The summed E-state index contributed by atoms with van der Waals surface area (Å²) in [5.74, 6) is 1.42. The van der Waals surface area contributed by atoms with Crippen molar-refractivity contribution in [2.45, 2.75) is 198 Å². The summed E-state index contributed by atoms with van der Waals surface area (Å²) in [4.78, 5) is 50.9. The van der Waals surface area contributed by atoms with Crippen LogP contribution in [0.2, 0.25) is 15.1 Å². The predicted molar refractivity (Wildman–Crippen MR) is 418 cm³/mol. The molecule has 3 N–H and O–H groups in total. The summed E-state index contributed by atoms with van der Waals surface area (Å²) in [6.07, 6.45) is 1.41. The van der Waals surface area contributed by atoms with Gasteiger partial charge in [-0.05, 0) is 222 Å². The lowest BCUT2D eigenvalue weighted by Gasteiger charge is -2.40. The van der Waals surface area contributed by atoms with Gasteiger partial charge in [0.15, 0.2) is 6.78 Å². The molecule has 0 aliphatic carbocycles. The van der Waals surface area contributed by atoms with Crippen molar-refractivity contribution in [1.82, 2.24) is 29.8 Å². The smallest absolute Gasteiger partial charge is 0.410 e. The maximum Gasteiger partial charge on any atom is 0.410 e. The highest BCUT2D eigenvalue weighted by molar-refractivity contribution is 8.55. The summed E-state index contributed by atoms with van der Waals surface area (Å²) in [6, 6.07) is 23.9. The fourth-order valence-electron chi connectivity index (χ4n) is 8.44. The molecular formula is C67H117Cl6N6O14P3S2. The number of nitrogens with one attached hydrogen (secondary N) is 2. The number of esters is 1. The Hall–Kier alpha value is -1.53. The van der Waals surface area contributed by atoms with Gasteiger partial charge in [0, 0.05) is 103 Å². The van der Waals surface area contributed by atoms with Crippen LogP contribution >= 0.6 is 116 Å². The molecule has 3 aromatic rings. The summed E-state index contributed by atoms with van der Waals surface area (Å²) in [6.45, 7) is 36.7. The van der Waals surface area contributed by atoms with E-state index >= 15 is 0 Å².